The Kier molecular flexibility index (Phi) is 6.26. The molecule has 2 aromatic rings. The predicted octanol–water partition coefficient (Wildman–Crippen LogP) is 3.02. The number of methoxy groups -OCH3 is 1. The second kappa shape index (κ2) is 8.21. The van der Waals surface area contributed by atoms with Crippen LogP contribution in [0.15, 0.2) is 46.7 Å². The van der Waals surface area contributed by atoms with E-state index in [1.54, 1.807) is 25.6 Å². The van der Waals surface area contributed by atoms with Crippen LogP contribution in [0.1, 0.15) is 5.56 Å². The third-order valence-electron chi connectivity index (χ3n) is 2.56. The van der Waals surface area contributed by atoms with Gasteiger partial charge in [0.05, 0.1) is 6.61 Å². The summed E-state index contributed by atoms with van der Waals surface area (Å²) in [6.07, 6.45) is 3.48. The van der Waals surface area contributed by atoms with Gasteiger partial charge in [-0.15, -0.1) is 0 Å². The van der Waals surface area contributed by atoms with Gasteiger partial charge in [-0.25, -0.2) is 9.97 Å². The molecule has 0 unspecified atom stereocenters. The van der Waals surface area contributed by atoms with Crippen LogP contribution >= 0.6 is 23.4 Å². The van der Waals surface area contributed by atoms with E-state index in [0.717, 1.165) is 33.7 Å². The molecular formula is C14H16ClN3OS. The van der Waals surface area contributed by atoms with Crippen LogP contribution in [-0.2, 0) is 11.3 Å². The highest BCUT2D eigenvalue weighted by Crippen LogP contribution is 2.29. The molecule has 1 aromatic heterocycles. The number of rotatable bonds is 7. The molecule has 0 amide bonds. The number of aromatic nitrogens is 2. The average Bonchev–Trinajstić information content (AvgIpc) is 2.47. The van der Waals surface area contributed by atoms with Gasteiger partial charge in [0.1, 0.15) is 0 Å². The van der Waals surface area contributed by atoms with Gasteiger partial charge in [-0.3, -0.25) is 0 Å². The van der Waals surface area contributed by atoms with E-state index in [1.807, 2.05) is 18.2 Å². The standard InChI is InChI=1S/C14H16ClN3OS/c1-19-8-7-16-10-11-9-12(15)3-4-13(11)20-14-17-5-2-6-18-14/h2-6,9,16H,7-8,10H2,1H3. The minimum Gasteiger partial charge on any atom is -0.383 e. The van der Waals surface area contributed by atoms with Crippen molar-refractivity contribution in [2.24, 2.45) is 0 Å². The van der Waals surface area contributed by atoms with Crippen LogP contribution in [-0.4, -0.2) is 30.2 Å². The number of hydrogen-bond acceptors (Lipinski definition) is 5. The molecule has 0 fully saturated rings. The molecule has 0 bridgehead atoms. The minimum atomic E-state index is 0.685. The third-order valence-corrected chi connectivity index (χ3v) is 3.81. The second-order valence-corrected chi connectivity index (χ2v) is 5.50. The fourth-order valence-electron chi connectivity index (χ4n) is 1.62. The van der Waals surface area contributed by atoms with Crippen LogP contribution in [0.25, 0.3) is 0 Å². The van der Waals surface area contributed by atoms with Gasteiger partial charge in [-0.05, 0) is 41.6 Å². The van der Waals surface area contributed by atoms with E-state index < -0.39 is 0 Å². The molecule has 0 saturated carbocycles. The van der Waals surface area contributed by atoms with E-state index in [9.17, 15) is 0 Å². The molecule has 106 valence electrons. The first-order valence-corrected chi connectivity index (χ1v) is 7.42. The first kappa shape index (κ1) is 15.3. The fraction of sp³-hybridized carbons (Fsp3) is 0.286. The van der Waals surface area contributed by atoms with Gasteiger partial charge < -0.3 is 10.1 Å². The van der Waals surface area contributed by atoms with E-state index in [1.165, 1.54) is 11.8 Å². The molecule has 2 rings (SSSR count). The Hall–Kier alpha value is -1.14. The summed E-state index contributed by atoms with van der Waals surface area (Å²) in [6.45, 7) is 2.22. The van der Waals surface area contributed by atoms with Gasteiger partial charge in [0.15, 0.2) is 5.16 Å². The maximum atomic E-state index is 6.07. The van der Waals surface area contributed by atoms with Gasteiger partial charge in [-0.2, -0.15) is 0 Å². The Morgan fingerprint density at radius 2 is 2.10 bits per heavy atom. The smallest absolute Gasteiger partial charge is 0.192 e. The summed E-state index contributed by atoms with van der Waals surface area (Å²) in [7, 11) is 1.69. The Morgan fingerprint density at radius 3 is 2.85 bits per heavy atom. The van der Waals surface area contributed by atoms with E-state index in [2.05, 4.69) is 15.3 Å². The maximum Gasteiger partial charge on any atom is 0.192 e. The molecule has 20 heavy (non-hydrogen) atoms. The Morgan fingerprint density at radius 1 is 1.30 bits per heavy atom. The first-order valence-electron chi connectivity index (χ1n) is 6.22. The lowest BCUT2D eigenvalue weighted by Gasteiger charge is -2.10. The lowest BCUT2D eigenvalue weighted by molar-refractivity contribution is 0.199. The van der Waals surface area contributed by atoms with Crippen molar-refractivity contribution in [1.29, 1.82) is 0 Å². The molecule has 0 aliphatic carbocycles. The molecule has 0 aliphatic rings. The fourth-order valence-corrected chi connectivity index (χ4v) is 2.64. The normalized spacial score (nSPS) is 10.7. The zero-order chi connectivity index (χ0) is 14.2. The van der Waals surface area contributed by atoms with Gasteiger partial charge in [0.25, 0.3) is 0 Å². The summed E-state index contributed by atoms with van der Waals surface area (Å²) in [5.41, 5.74) is 1.13. The summed E-state index contributed by atoms with van der Waals surface area (Å²) in [4.78, 5) is 9.55. The number of halogens is 1. The van der Waals surface area contributed by atoms with Gasteiger partial charge >= 0.3 is 0 Å². The van der Waals surface area contributed by atoms with Crippen molar-refractivity contribution < 1.29 is 4.74 Å². The molecule has 1 N–H and O–H groups in total. The molecule has 1 aromatic carbocycles. The Balaban J connectivity index is 2.07. The number of hydrogen-bond donors (Lipinski definition) is 1. The lowest BCUT2D eigenvalue weighted by atomic mass is 10.2. The average molecular weight is 310 g/mol. The SMILES string of the molecule is COCCNCc1cc(Cl)ccc1Sc1ncccn1. The van der Waals surface area contributed by atoms with Crippen molar-refractivity contribution in [3.8, 4) is 0 Å². The molecule has 0 saturated heterocycles. The summed E-state index contributed by atoms with van der Waals surface area (Å²) < 4.78 is 5.02. The maximum absolute atomic E-state index is 6.07. The Labute approximate surface area is 127 Å². The summed E-state index contributed by atoms with van der Waals surface area (Å²) in [6, 6.07) is 7.65. The zero-order valence-electron chi connectivity index (χ0n) is 11.2. The van der Waals surface area contributed by atoms with Crippen LogP contribution < -0.4 is 5.32 Å². The van der Waals surface area contributed by atoms with Crippen LogP contribution in [0.2, 0.25) is 5.02 Å². The highest BCUT2D eigenvalue weighted by Gasteiger charge is 2.07. The van der Waals surface area contributed by atoms with Gasteiger partial charge in [0.2, 0.25) is 0 Å². The number of benzene rings is 1. The van der Waals surface area contributed by atoms with Crippen LogP contribution in [0.5, 0.6) is 0 Å². The van der Waals surface area contributed by atoms with E-state index in [-0.39, 0.29) is 0 Å². The number of ether oxygens (including phenoxy) is 1. The van der Waals surface area contributed by atoms with E-state index in [4.69, 9.17) is 16.3 Å². The van der Waals surface area contributed by atoms with E-state index in [0.29, 0.717) is 6.61 Å². The largest absolute Gasteiger partial charge is 0.383 e. The summed E-state index contributed by atoms with van der Waals surface area (Å²) >= 11 is 7.60. The molecule has 0 atom stereocenters. The Bertz CT molecular complexity index is 539. The highest BCUT2D eigenvalue weighted by molar-refractivity contribution is 7.99. The number of nitrogens with zero attached hydrogens (tertiary/aromatic N) is 2. The number of nitrogens with one attached hydrogen (secondary N) is 1. The second-order valence-electron chi connectivity index (χ2n) is 4.06. The van der Waals surface area contributed by atoms with Crippen molar-refractivity contribution in [3.63, 3.8) is 0 Å². The van der Waals surface area contributed by atoms with Crippen LogP contribution in [0.4, 0.5) is 0 Å². The van der Waals surface area contributed by atoms with Crippen LogP contribution in [0.3, 0.4) is 0 Å². The van der Waals surface area contributed by atoms with E-state index >= 15 is 0 Å². The minimum absolute atomic E-state index is 0.685. The van der Waals surface area contributed by atoms with Crippen molar-refractivity contribution in [3.05, 3.63) is 47.2 Å². The molecular weight excluding hydrogens is 294 g/mol. The molecule has 1 heterocycles. The van der Waals surface area contributed by atoms with Crippen molar-refractivity contribution in [2.45, 2.75) is 16.6 Å². The van der Waals surface area contributed by atoms with Gasteiger partial charge in [0, 0.05) is 42.5 Å². The third kappa shape index (κ3) is 4.76. The summed E-state index contributed by atoms with van der Waals surface area (Å²) in [5, 5.41) is 4.78. The van der Waals surface area contributed by atoms with Crippen molar-refractivity contribution >= 4 is 23.4 Å². The van der Waals surface area contributed by atoms with Crippen molar-refractivity contribution in [1.82, 2.24) is 15.3 Å². The van der Waals surface area contributed by atoms with Crippen molar-refractivity contribution in [2.75, 3.05) is 20.3 Å². The monoisotopic (exact) mass is 309 g/mol. The molecule has 6 heteroatoms. The summed E-state index contributed by atoms with van der Waals surface area (Å²) in [5.74, 6) is 0. The van der Waals surface area contributed by atoms with Gasteiger partial charge in [-0.1, -0.05) is 11.6 Å². The quantitative estimate of drug-likeness (QED) is 0.629. The van der Waals surface area contributed by atoms with Crippen LogP contribution in [0, 0.1) is 0 Å². The molecule has 0 aliphatic heterocycles. The zero-order valence-corrected chi connectivity index (χ0v) is 12.7. The molecule has 4 nitrogen and oxygen atoms in total. The topological polar surface area (TPSA) is 47.0 Å². The lowest BCUT2D eigenvalue weighted by Crippen LogP contribution is -2.18. The highest BCUT2D eigenvalue weighted by atomic mass is 35.5. The molecule has 0 radical (unpaired) electrons. The first-order chi connectivity index (χ1) is 9.79. The predicted molar refractivity (Wildman–Crippen MR) is 81.2 cm³/mol. The molecule has 0 spiro atoms.